The summed E-state index contributed by atoms with van der Waals surface area (Å²) in [5.74, 6) is 1.90. The van der Waals surface area contributed by atoms with E-state index in [0.29, 0.717) is 29.8 Å². The lowest BCUT2D eigenvalue weighted by Gasteiger charge is -2.35. The summed E-state index contributed by atoms with van der Waals surface area (Å²) in [5, 5.41) is 5.88. The maximum absolute atomic E-state index is 14.7. The van der Waals surface area contributed by atoms with E-state index in [2.05, 4.69) is 23.5 Å². The first-order chi connectivity index (χ1) is 21.5. The summed E-state index contributed by atoms with van der Waals surface area (Å²) < 4.78 is 5.55. The van der Waals surface area contributed by atoms with Crippen LogP contribution in [0.1, 0.15) is 88.1 Å². The van der Waals surface area contributed by atoms with Gasteiger partial charge in [-0.2, -0.15) is 0 Å². The SMILES string of the molecule is C#Cc1ccc(C(C(=O)Nc2ccccc2C)N(CCCCCCC)C(=O)C(Cc2ccccc2)NC(=O)OC(C)(C)C)cc1. The summed E-state index contributed by atoms with van der Waals surface area (Å²) in [6.07, 6.45) is 9.97. The van der Waals surface area contributed by atoms with Crippen molar-refractivity contribution >= 4 is 23.6 Å². The lowest BCUT2D eigenvalue weighted by Crippen LogP contribution is -2.53. The normalized spacial score (nSPS) is 12.4. The largest absolute Gasteiger partial charge is 0.444 e. The highest BCUT2D eigenvalue weighted by Crippen LogP contribution is 2.27. The second-order valence-electron chi connectivity index (χ2n) is 12.3. The molecular formula is C38H47N3O4. The zero-order chi connectivity index (χ0) is 32.8. The van der Waals surface area contributed by atoms with Crippen LogP contribution in [0.2, 0.25) is 0 Å². The predicted octanol–water partition coefficient (Wildman–Crippen LogP) is 7.59. The number of nitrogens with one attached hydrogen (secondary N) is 2. The Balaban J connectivity index is 2.07. The third-order valence-corrected chi connectivity index (χ3v) is 7.41. The molecule has 0 aliphatic carbocycles. The number of rotatable bonds is 14. The Hall–Kier alpha value is -4.57. The van der Waals surface area contributed by atoms with Crippen LogP contribution in [0.5, 0.6) is 0 Å². The quantitative estimate of drug-likeness (QED) is 0.146. The molecule has 0 heterocycles. The summed E-state index contributed by atoms with van der Waals surface area (Å²) >= 11 is 0. The lowest BCUT2D eigenvalue weighted by molar-refractivity contribution is -0.140. The molecule has 3 aromatic carbocycles. The van der Waals surface area contributed by atoms with Gasteiger partial charge in [-0.15, -0.1) is 6.42 Å². The molecule has 2 atom stereocenters. The number of alkyl carbamates (subject to hydrolysis) is 1. The van der Waals surface area contributed by atoms with Gasteiger partial charge < -0.3 is 20.3 Å². The van der Waals surface area contributed by atoms with E-state index in [1.54, 1.807) is 49.9 Å². The fourth-order valence-corrected chi connectivity index (χ4v) is 5.10. The van der Waals surface area contributed by atoms with Crippen molar-refractivity contribution in [1.82, 2.24) is 10.2 Å². The van der Waals surface area contributed by atoms with Crippen LogP contribution in [-0.2, 0) is 20.7 Å². The molecule has 7 nitrogen and oxygen atoms in total. The van der Waals surface area contributed by atoms with Crippen LogP contribution in [0, 0.1) is 19.3 Å². The van der Waals surface area contributed by atoms with E-state index in [0.717, 1.165) is 36.8 Å². The Morgan fingerprint density at radius 3 is 2.16 bits per heavy atom. The first-order valence-electron chi connectivity index (χ1n) is 15.8. The molecule has 0 saturated heterocycles. The minimum Gasteiger partial charge on any atom is -0.444 e. The number of terminal acetylenes is 1. The number of hydrogen-bond donors (Lipinski definition) is 2. The maximum atomic E-state index is 14.7. The van der Waals surface area contributed by atoms with Crippen molar-refractivity contribution in [2.45, 2.75) is 90.8 Å². The highest BCUT2D eigenvalue weighted by atomic mass is 16.6. The minimum atomic E-state index is -0.978. The number of hydrogen-bond acceptors (Lipinski definition) is 4. The Bertz CT molecular complexity index is 1440. The molecule has 0 aliphatic rings. The van der Waals surface area contributed by atoms with Crippen molar-refractivity contribution in [3.63, 3.8) is 0 Å². The van der Waals surface area contributed by atoms with Crippen molar-refractivity contribution in [2.24, 2.45) is 0 Å². The molecule has 0 bridgehead atoms. The van der Waals surface area contributed by atoms with Gasteiger partial charge in [0.15, 0.2) is 0 Å². The number of unbranched alkanes of at least 4 members (excludes halogenated alkanes) is 4. The van der Waals surface area contributed by atoms with E-state index in [4.69, 9.17) is 11.2 Å². The Labute approximate surface area is 268 Å². The van der Waals surface area contributed by atoms with E-state index in [1.807, 2.05) is 61.5 Å². The molecule has 7 heteroatoms. The van der Waals surface area contributed by atoms with Crippen molar-refractivity contribution in [3.05, 3.63) is 101 Å². The van der Waals surface area contributed by atoms with Crippen LogP contribution in [0.15, 0.2) is 78.9 Å². The molecule has 0 radical (unpaired) electrons. The van der Waals surface area contributed by atoms with Gasteiger partial charge in [0.05, 0.1) is 0 Å². The number of anilines is 1. The second kappa shape index (κ2) is 17.1. The molecule has 0 saturated carbocycles. The van der Waals surface area contributed by atoms with Gasteiger partial charge in [0.1, 0.15) is 17.7 Å². The molecular weight excluding hydrogens is 562 g/mol. The standard InChI is InChI=1S/C38H47N3O4/c1-7-9-10-11-17-26-41(36(43)33(27-30-19-13-12-14-20-30)40-37(44)45-38(4,5)6)34(31-24-22-29(8-2)23-25-31)35(42)39-32-21-16-15-18-28(32)3/h2,12-16,18-25,33-34H,7,9-11,17,26-27H2,1,3-6H3,(H,39,42)(H,40,44). The molecule has 0 aliphatic heterocycles. The van der Waals surface area contributed by atoms with Crippen molar-refractivity contribution < 1.29 is 19.1 Å². The van der Waals surface area contributed by atoms with Gasteiger partial charge in [0.25, 0.3) is 5.91 Å². The number of nitrogens with zero attached hydrogens (tertiary/aromatic N) is 1. The van der Waals surface area contributed by atoms with Crippen molar-refractivity contribution in [1.29, 1.82) is 0 Å². The minimum absolute atomic E-state index is 0.230. The number of carbonyl (C=O) groups excluding carboxylic acids is 3. The van der Waals surface area contributed by atoms with Crippen LogP contribution < -0.4 is 10.6 Å². The molecule has 3 aromatic rings. The fourth-order valence-electron chi connectivity index (χ4n) is 5.10. The highest BCUT2D eigenvalue weighted by Gasteiger charge is 2.36. The summed E-state index contributed by atoms with van der Waals surface area (Å²) in [4.78, 5) is 43.6. The van der Waals surface area contributed by atoms with E-state index in [1.165, 1.54) is 0 Å². The zero-order valence-corrected chi connectivity index (χ0v) is 27.3. The van der Waals surface area contributed by atoms with Gasteiger partial charge in [0.2, 0.25) is 5.91 Å². The van der Waals surface area contributed by atoms with Gasteiger partial charge in [0, 0.05) is 24.2 Å². The molecule has 2 N–H and O–H groups in total. The van der Waals surface area contributed by atoms with Crippen LogP contribution in [-0.4, -0.2) is 41.0 Å². The molecule has 238 valence electrons. The molecule has 45 heavy (non-hydrogen) atoms. The molecule has 2 unspecified atom stereocenters. The number of amides is 3. The summed E-state index contributed by atoms with van der Waals surface area (Å²) in [6, 6.07) is 22.2. The van der Waals surface area contributed by atoms with Crippen LogP contribution in [0.3, 0.4) is 0 Å². The van der Waals surface area contributed by atoms with Gasteiger partial charge in [-0.3, -0.25) is 9.59 Å². The highest BCUT2D eigenvalue weighted by molar-refractivity contribution is 5.99. The van der Waals surface area contributed by atoms with Crippen LogP contribution in [0.4, 0.5) is 10.5 Å². The Morgan fingerprint density at radius 2 is 1.53 bits per heavy atom. The number of para-hydroxylation sites is 1. The summed E-state index contributed by atoms with van der Waals surface area (Å²) in [5.41, 5.74) is 2.97. The van der Waals surface area contributed by atoms with Crippen molar-refractivity contribution in [3.8, 4) is 12.3 Å². The van der Waals surface area contributed by atoms with Gasteiger partial charge >= 0.3 is 6.09 Å². The maximum Gasteiger partial charge on any atom is 0.408 e. The van der Waals surface area contributed by atoms with Gasteiger partial charge in [-0.25, -0.2) is 4.79 Å². The third-order valence-electron chi connectivity index (χ3n) is 7.41. The molecule has 0 spiro atoms. The predicted molar refractivity (Wildman–Crippen MR) is 181 cm³/mol. The second-order valence-corrected chi connectivity index (χ2v) is 12.3. The van der Waals surface area contributed by atoms with Gasteiger partial charge in [-0.1, -0.05) is 99.2 Å². The molecule has 3 rings (SSSR count). The van der Waals surface area contributed by atoms with Gasteiger partial charge in [-0.05, 0) is 69.0 Å². The zero-order valence-electron chi connectivity index (χ0n) is 27.3. The molecule has 0 fully saturated rings. The molecule has 3 amide bonds. The smallest absolute Gasteiger partial charge is 0.408 e. The van der Waals surface area contributed by atoms with E-state index in [9.17, 15) is 14.4 Å². The number of benzene rings is 3. The van der Waals surface area contributed by atoms with E-state index in [-0.39, 0.29) is 18.2 Å². The van der Waals surface area contributed by atoms with Crippen LogP contribution >= 0.6 is 0 Å². The monoisotopic (exact) mass is 609 g/mol. The van der Waals surface area contributed by atoms with Crippen LogP contribution in [0.25, 0.3) is 0 Å². The first kappa shape index (κ1) is 34.9. The Kier molecular flexibility index (Phi) is 13.2. The molecule has 0 aromatic heterocycles. The fraction of sp³-hybridized carbons (Fsp3) is 0.395. The Morgan fingerprint density at radius 1 is 0.889 bits per heavy atom. The first-order valence-corrected chi connectivity index (χ1v) is 15.8. The van der Waals surface area contributed by atoms with E-state index < -0.39 is 23.8 Å². The summed E-state index contributed by atoms with van der Waals surface area (Å²) in [7, 11) is 0. The number of ether oxygens (including phenoxy) is 1. The third kappa shape index (κ3) is 11.1. The topological polar surface area (TPSA) is 87.7 Å². The lowest BCUT2D eigenvalue weighted by atomic mass is 9.98. The summed E-state index contributed by atoms with van der Waals surface area (Å²) in [6.45, 7) is 9.72. The van der Waals surface area contributed by atoms with E-state index >= 15 is 0 Å². The average molecular weight is 610 g/mol. The number of aryl methyl sites for hydroxylation is 1. The van der Waals surface area contributed by atoms with Crippen molar-refractivity contribution in [2.75, 3.05) is 11.9 Å². The average Bonchev–Trinajstić information content (AvgIpc) is 3.00. The number of carbonyl (C=O) groups is 3.